The SMILES string of the molecule is CC1=C(C(=O)Nc2cccc(C)c2C)C(c2cccs2)n2nc(SCc3ccccc3)nc2N1. The van der Waals surface area contributed by atoms with Crippen LogP contribution < -0.4 is 10.6 Å². The maximum absolute atomic E-state index is 13.6. The number of allylic oxidation sites excluding steroid dienone is 1. The lowest BCUT2D eigenvalue weighted by atomic mass is 10.00. The molecule has 34 heavy (non-hydrogen) atoms. The standard InChI is InChI=1S/C26H25N5OS2/c1-16-9-7-12-20(17(16)2)28-24(32)22-18(3)27-25-29-26(34-15-19-10-5-4-6-11-19)30-31(25)23(22)21-13-8-14-33-21/h4-14,23H,15H2,1-3H3,(H,28,32)(H,27,29,30). The monoisotopic (exact) mass is 487 g/mol. The number of fused-ring (bicyclic) bond motifs is 1. The first kappa shape index (κ1) is 22.4. The predicted molar refractivity (Wildman–Crippen MR) is 139 cm³/mol. The lowest BCUT2D eigenvalue weighted by Crippen LogP contribution is -2.31. The Hall–Kier alpha value is -3.36. The highest BCUT2D eigenvalue weighted by molar-refractivity contribution is 7.98. The number of thioether (sulfide) groups is 1. The van der Waals surface area contributed by atoms with Crippen LogP contribution in [-0.2, 0) is 10.5 Å². The number of anilines is 2. The van der Waals surface area contributed by atoms with Crippen LogP contribution in [0.15, 0.2) is 82.5 Å². The average Bonchev–Trinajstić information content (AvgIpc) is 3.50. The molecule has 6 nitrogen and oxygen atoms in total. The van der Waals surface area contributed by atoms with E-state index in [1.165, 1.54) is 5.56 Å². The normalized spacial score (nSPS) is 15.1. The van der Waals surface area contributed by atoms with Crippen LogP contribution in [0.3, 0.4) is 0 Å². The summed E-state index contributed by atoms with van der Waals surface area (Å²) in [6, 6.07) is 19.9. The molecule has 3 heterocycles. The molecular weight excluding hydrogens is 462 g/mol. The molecule has 0 fully saturated rings. The van der Waals surface area contributed by atoms with Gasteiger partial charge in [0.15, 0.2) is 0 Å². The first-order valence-electron chi connectivity index (χ1n) is 11.0. The third kappa shape index (κ3) is 4.38. The Morgan fingerprint density at radius 2 is 1.91 bits per heavy atom. The number of thiophene rings is 1. The number of hydrogen-bond acceptors (Lipinski definition) is 6. The van der Waals surface area contributed by atoms with E-state index in [9.17, 15) is 4.79 Å². The molecule has 0 aliphatic carbocycles. The molecular formula is C26H25N5OS2. The third-order valence-electron chi connectivity index (χ3n) is 5.95. The molecule has 0 spiro atoms. The Balaban J connectivity index is 1.47. The van der Waals surface area contributed by atoms with Crippen molar-refractivity contribution in [3.8, 4) is 0 Å². The molecule has 0 saturated heterocycles. The fraction of sp³-hybridized carbons (Fsp3) is 0.192. The van der Waals surface area contributed by atoms with Gasteiger partial charge >= 0.3 is 0 Å². The van der Waals surface area contributed by atoms with Crippen LogP contribution in [0.1, 0.15) is 34.5 Å². The minimum Gasteiger partial charge on any atom is -0.328 e. The summed E-state index contributed by atoms with van der Waals surface area (Å²) in [6.45, 7) is 5.99. The summed E-state index contributed by atoms with van der Waals surface area (Å²) in [5.41, 5.74) is 5.65. The lowest BCUT2D eigenvalue weighted by molar-refractivity contribution is -0.113. The minimum absolute atomic E-state index is 0.142. The summed E-state index contributed by atoms with van der Waals surface area (Å²) >= 11 is 3.19. The van der Waals surface area contributed by atoms with Gasteiger partial charge in [0, 0.05) is 22.0 Å². The predicted octanol–water partition coefficient (Wildman–Crippen LogP) is 6.18. The van der Waals surface area contributed by atoms with Gasteiger partial charge in [0.1, 0.15) is 6.04 Å². The number of amides is 1. The fourth-order valence-electron chi connectivity index (χ4n) is 3.99. The molecule has 8 heteroatoms. The van der Waals surface area contributed by atoms with Gasteiger partial charge in [-0.2, -0.15) is 4.98 Å². The van der Waals surface area contributed by atoms with Gasteiger partial charge in [0.2, 0.25) is 11.1 Å². The van der Waals surface area contributed by atoms with Crippen molar-refractivity contribution in [2.75, 3.05) is 10.6 Å². The number of aryl methyl sites for hydroxylation is 1. The molecule has 0 saturated carbocycles. The summed E-state index contributed by atoms with van der Waals surface area (Å²) in [4.78, 5) is 19.4. The quantitative estimate of drug-likeness (QED) is 0.318. The van der Waals surface area contributed by atoms with Gasteiger partial charge in [-0.15, -0.1) is 16.4 Å². The second-order valence-corrected chi connectivity index (χ2v) is 10.1. The third-order valence-corrected chi connectivity index (χ3v) is 7.79. The lowest BCUT2D eigenvalue weighted by Gasteiger charge is -2.28. The van der Waals surface area contributed by atoms with Crippen molar-refractivity contribution in [2.45, 2.75) is 37.7 Å². The van der Waals surface area contributed by atoms with Gasteiger partial charge in [-0.1, -0.05) is 60.3 Å². The maximum atomic E-state index is 13.6. The number of rotatable bonds is 6. The Morgan fingerprint density at radius 3 is 2.68 bits per heavy atom. The average molecular weight is 488 g/mol. The Labute approximate surface area is 207 Å². The van der Waals surface area contributed by atoms with Crippen molar-refractivity contribution in [3.63, 3.8) is 0 Å². The van der Waals surface area contributed by atoms with Crippen molar-refractivity contribution in [1.82, 2.24) is 14.8 Å². The molecule has 1 amide bonds. The van der Waals surface area contributed by atoms with Crippen LogP contribution in [0.25, 0.3) is 0 Å². The van der Waals surface area contributed by atoms with E-state index >= 15 is 0 Å². The largest absolute Gasteiger partial charge is 0.328 e. The molecule has 0 radical (unpaired) electrons. The summed E-state index contributed by atoms with van der Waals surface area (Å²) in [7, 11) is 0. The van der Waals surface area contributed by atoms with Gasteiger partial charge in [0.05, 0.1) is 5.57 Å². The number of nitrogens with zero attached hydrogens (tertiary/aromatic N) is 3. The van der Waals surface area contributed by atoms with Gasteiger partial charge in [-0.05, 0) is 55.0 Å². The second kappa shape index (κ2) is 9.48. The zero-order chi connectivity index (χ0) is 23.7. The van der Waals surface area contributed by atoms with E-state index in [4.69, 9.17) is 10.1 Å². The number of nitrogens with one attached hydrogen (secondary N) is 2. The van der Waals surface area contributed by atoms with E-state index in [1.54, 1.807) is 23.1 Å². The van der Waals surface area contributed by atoms with Gasteiger partial charge < -0.3 is 10.6 Å². The summed E-state index contributed by atoms with van der Waals surface area (Å²) in [5.74, 6) is 1.28. The van der Waals surface area contributed by atoms with Crippen LogP contribution in [-0.4, -0.2) is 20.7 Å². The van der Waals surface area contributed by atoms with E-state index in [1.807, 2.05) is 79.4 Å². The molecule has 5 rings (SSSR count). The Kier molecular flexibility index (Phi) is 6.26. The summed E-state index contributed by atoms with van der Waals surface area (Å²) < 4.78 is 1.84. The first-order chi connectivity index (χ1) is 16.5. The zero-order valence-electron chi connectivity index (χ0n) is 19.2. The van der Waals surface area contributed by atoms with Crippen molar-refractivity contribution >= 4 is 40.6 Å². The molecule has 172 valence electrons. The number of carbonyl (C=O) groups is 1. The first-order valence-corrected chi connectivity index (χ1v) is 12.9. The van der Waals surface area contributed by atoms with E-state index in [2.05, 4.69) is 22.8 Å². The van der Waals surface area contributed by atoms with Crippen molar-refractivity contribution in [2.24, 2.45) is 0 Å². The van der Waals surface area contributed by atoms with Crippen LogP contribution >= 0.6 is 23.1 Å². The van der Waals surface area contributed by atoms with Crippen LogP contribution in [0.4, 0.5) is 11.6 Å². The fourth-order valence-corrected chi connectivity index (χ4v) is 5.60. The smallest absolute Gasteiger partial charge is 0.255 e. The van der Waals surface area contributed by atoms with E-state index in [0.29, 0.717) is 16.7 Å². The molecule has 1 unspecified atom stereocenters. The summed E-state index contributed by atoms with van der Waals surface area (Å²) in [6.07, 6.45) is 0. The van der Waals surface area contributed by atoms with Crippen LogP contribution in [0.5, 0.6) is 0 Å². The Morgan fingerprint density at radius 1 is 1.09 bits per heavy atom. The highest BCUT2D eigenvalue weighted by atomic mass is 32.2. The zero-order valence-corrected chi connectivity index (χ0v) is 20.8. The molecule has 2 N–H and O–H groups in total. The molecule has 0 bridgehead atoms. The topological polar surface area (TPSA) is 71.8 Å². The highest BCUT2D eigenvalue weighted by Crippen LogP contribution is 2.38. The van der Waals surface area contributed by atoms with Crippen LogP contribution in [0.2, 0.25) is 0 Å². The maximum Gasteiger partial charge on any atom is 0.255 e. The van der Waals surface area contributed by atoms with Crippen molar-refractivity contribution < 1.29 is 4.79 Å². The number of benzene rings is 2. The van der Waals surface area contributed by atoms with Gasteiger partial charge in [0.25, 0.3) is 5.91 Å². The number of carbonyl (C=O) groups excluding carboxylic acids is 1. The molecule has 1 aliphatic heterocycles. The second-order valence-electron chi connectivity index (χ2n) is 8.22. The van der Waals surface area contributed by atoms with Gasteiger partial charge in [-0.3, -0.25) is 4.79 Å². The van der Waals surface area contributed by atoms with E-state index in [-0.39, 0.29) is 11.9 Å². The molecule has 1 aliphatic rings. The number of aromatic nitrogens is 3. The molecule has 1 atom stereocenters. The van der Waals surface area contributed by atoms with Gasteiger partial charge in [-0.25, -0.2) is 4.68 Å². The molecule has 4 aromatic rings. The number of hydrogen-bond donors (Lipinski definition) is 2. The minimum atomic E-state index is -0.347. The van der Waals surface area contributed by atoms with Crippen molar-refractivity contribution in [3.05, 3.63) is 98.9 Å². The van der Waals surface area contributed by atoms with Crippen LogP contribution in [0, 0.1) is 13.8 Å². The molecule has 2 aromatic heterocycles. The van der Waals surface area contributed by atoms with E-state index in [0.717, 1.165) is 33.1 Å². The Bertz CT molecular complexity index is 1360. The van der Waals surface area contributed by atoms with Crippen molar-refractivity contribution in [1.29, 1.82) is 0 Å². The summed E-state index contributed by atoms with van der Waals surface area (Å²) in [5, 5.41) is 13.9. The molecule has 2 aromatic carbocycles. The highest BCUT2D eigenvalue weighted by Gasteiger charge is 2.35. The van der Waals surface area contributed by atoms with E-state index < -0.39 is 0 Å².